The summed E-state index contributed by atoms with van der Waals surface area (Å²) in [5.41, 5.74) is -0.698. The molecule has 0 unspecified atom stereocenters. The number of aryl methyl sites for hydroxylation is 1. The zero-order valence-electron chi connectivity index (χ0n) is 22.4. The number of ketones is 1. The summed E-state index contributed by atoms with van der Waals surface area (Å²) in [6, 6.07) is 1.73. The van der Waals surface area contributed by atoms with Crippen LogP contribution in [0, 0.1) is 40.9 Å². The maximum Gasteiger partial charge on any atom is 0.316 e. The summed E-state index contributed by atoms with van der Waals surface area (Å²) in [4.78, 5) is 35.4. The molecule has 3 saturated carbocycles. The lowest BCUT2D eigenvalue weighted by Crippen LogP contribution is -2.63. The van der Waals surface area contributed by atoms with Crippen molar-refractivity contribution in [1.29, 1.82) is 0 Å². The standard InChI is InChI=1S/C28H40N2O5S/c1-8-26(5)14-20(35-22(32)15-36-25-29-17(3)13-21(30-25)34-7)27(6)16(2)9-11-28(18(4)24(26)33)12-10-19(31)23(27)28/h8,13,16,18,20,23-24,33H,1,9-12,14-15H2,2-7H3/t16-,18+,20-,23+,24+,26-,27-,28+/m1/s1. The van der Waals surface area contributed by atoms with E-state index in [0.717, 1.165) is 25.0 Å². The van der Waals surface area contributed by atoms with Gasteiger partial charge in [-0.1, -0.05) is 45.5 Å². The quantitative estimate of drug-likeness (QED) is 0.249. The molecule has 7 nitrogen and oxygen atoms in total. The fourth-order valence-electron chi connectivity index (χ4n) is 7.50. The van der Waals surface area contributed by atoms with E-state index in [1.807, 2.05) is 19.9 Å². The zero-order valence-corrected chi connectivity index (χ0v) is 23.2. The first-order chi connectivity index (χ1) is 16.9. The molecule has 8 atom stereocenters. The summed E-state index contributed by atoms with van der Waals surface area (Å²) < 4.78 is 11.5. The predicted octanol–water partition coefficient (Wildman–Crippen LogP) is 4.79. The number of thioether (sulfide) groups is 1. The van der Waals surface area contributed by atoms with Crippen LogP contribution in [0.5, 0.6) is 5.88 Å². The normalized spacial score (nSPS) is 40.1. The first-order valence-electron chi connectivity index (χ1n) is 13.0. The number of methoxy groups -OCH3 is 1. The number of nitrogens with zero attached hydrogens (tertiary/aromatic N) is 2. The molecule has 2 bridgehead atoms. The Kier molecular flexibility index (Phi) is 7.34. The van der Waals surface area contributed by atoms with Crippen LogP contribution >= 0.6 is 11.8 Å². The minimum Gasteiger partial charge on any atom is -0.481 e. The second kappa shape index (κ2) is 9.75. The van der Waals surface area contributed by atoms with Crippen LogP contribution in [0.1, 0.15) is 65.5 Å². The Morgan fingerprint density at radius 3 is 2.69 bits per heavy atom. The molecule has 1 aromatic rings. The number of carbonyl (C=O) groups excluding carboxylic acids is 2. The number of Topliss-reactive ketones (excluding diaryl/α,β-unsaturated/α-hetero) is 1. The highest BCUT2D eigenvalue weighted by molar-refractivity contribution is 7.99. The molecule has 3 aliphatic carbocycles. The highest BCUT2D eigenvalue weighted by atomic mass is 32.2. The van der Waals surface area contributed by atoms with E-state index in [0.29, 0.717) is 23.9 Å². The Hall–Kier alpha value is -1.93. The Balaban J connectivity index is 1.66. The van der Waals surface area contributed by atoms with Crippen molar-refractivity contribution < 1.29 is 24.2 Å². The molecule has 0 saturated heterocycles. The van der Waals surface area contributed by atoms with E-state index in [4.69, 9.17) is 9.47 Å². The number of carbonyl (C=O) groups is 2. The fourth-order valence-corrected chi connectivity index (χ4v) is 8.18. The number of hydrogen-bond donors (Lipinski definition) is 1. The average molecular weight is 517 g/mol. The molecule has 1 N–H and O–H groups in total. The third kappa shape index (κ3) is 4.28. The number of aliphatic hydroxyl groups excluding tert-OH is 1. The maximum absolute atomic E-state index is 13.5. The second-order valence-corrected chi connectivity index (χ2v) is 12.6. The van der Waals surface area contributed by atoms with Gasteiger partial charge in [0.2, 0.25) is 5.88 Å². The lowest BCUT2D eigenvalue weighted by Gasteiger charge is -2.61. The van der Waals surface area contributed by atoms with Crippen LogP contribution in [-0.2, 0) is 14.3 Å². The minimum absolute atomic E-state index is 0.0427. The minimum atomic E-state index is -0.676. The molecule has 0 spiro atoms. The van der Waals surface area contributed by atoms with Gasteiger partial charge >= 0.3 is 5.97 Å². The third-order valence-corrected chi connectivity index (χ3v) is 10.7. The lowest BCUT2D eigenvalue weighted by atomic mass is 9.44. The summed E-state index contributed by atoms with van der Waals surface area (Å²) >= 11 is 1.21. The molecule has 4 rings (SSSR count). The average Bonchev–Trinajstić information content (AvgIpc) is 3.21. The zero-order chi connectivity index (χ0) is 26.5. The van der Waals surface area contributed by atoms with Gasteiger partial charge in [0.15, 0.2) is 5.16 Å². The van der Waals surface area contributed by atoms with Crippen molar-refractivity contribution in [3.05, 3.63) is 24.4 Å². The van der Waals surface area contributed by atoms with Crippen molar-refractivity contribution >= 4 is 23.5 Å². The van der Waals surface area contributed by atoms with Crippen LogP contribution in [0.2, 0.25) is 0 Å². The van der Waals surface area contributed by atoms with E-state index in [1.54, 1.807) is 13.2 Å². The van der Waals surface area contributed by atoms with Gasteiger partial charge in [-0.25, -0.2) is 4.98 Å². The molecule has 8 heteroatoms. The molecule has 1 aromatic heterocycles. The van der Waals surface area contributed by atoms with Crippen molar-refractivity contribution in [3.63, 3.8) is 0 Å². The number of aliphatic hydroxyl groups is 1. The number of ether oxygens (including phenoxy) is 2. The molecule has 36 heavy (non-hydrogen) atoms. The van der Waals surface area contributed by atoms with Crippen molar-refractivity contribution in [1.82, 2.24) is 9.97 Å². The monoisotopic (exact) mass is 516 g/mol. The maximum atomic E-state index is 13.5. The molecule has 3 aliphatic rings. The number of rotatable bonds is 6. The van der Waals surface area contributed by atoms with Crippen molar-refractivity contribution in [3.8, 4) is 5.88 Å². The Bertz CT molecular complexity index is 1050. The Labute approximate surface area is 218 Å². The molecule has 3 fully saturated rings. The van der Waals surface area contributed by atoms with Gasteiger partial charge in [0.1, 0.15) is 11.9 Å². The molecule has 1 heterocycles. The van der Waals surface area contributed by atoms with Gasteiger partial charge in [-0.05, 0) is 49.9 Å². The van der Waals surface area contributed by atoms with Crippen LogP contribution in [0.3, 0.4) is 0 Å². The van der Waals surface area contributed by atoms with Crippen molar-refractivity contribution in [2.45, 2.75) is 84.1 Å². The van der Waals surface area contributed by atoms with Crippen LogP contribution in [0.25, 0.3) is 0 Å². The Morgan fingerprint density at radius 1 is 1.31 bits per heavy atom. The van der Waals surface area contributed by atoms with E-state index >= 15 is 0 Å². The van der Waals surface area contributed by atoms with Crippen LogP contribution in [0.15, 0.2) is 23.9 Å². The number of esters is 1. The Morgan fingerprint density at radius 2 is 2.03 bits per heavy atom. The van der Waals surface area contributed by atoms with Crippen LogP contribution < -0.4 is 4.74 Å². The lowest BCUT2D eigenvalue weighted by molar-refractivity contribution is -0.205. The summed E-state index contributed by atoms with van der Waals surface area (Å²) in [6.07, 6.45) is 4.21. The molecule has 0 radical (unpaired) electrons. The highest BCUT2D eigenvalue weighted by Gasteiger charge is 2.68. The smallest absolute Gasteiger partial charge is 0.316 e. The molecule has 198 valence electrons. The molecular formula is C28H40N2O5S. The van der Waals surface area contributed by atoms with Gasteiger partial charge in [-0.15, -0.1) is 6.58 Å². The fraction of sp³-hybridized carbons (Fsp3) is 0.714. The first kappa shape index (κ1) is 27.1. The summed E-state index contributed by atoms with van der Waals surface area (Å²) in [5.74, 6) is 0.277. The van der Waals surface area contributed by atoms with E-state index in [1.165, 1.54) is 11.8 Å². The van der Waals surface area contributed by atoms with E-state index < -0.39 is 23.0 Å². The largest absolute Gasteiger partial charge is 0.481 e. The van der Waals surface area contributed by atoms with Gasteiger partial charge < -0.3 is 14.6 Å². The summed E-state index contributed by atoms with van der Waals surface area (Å²) in [5, 5.41) is 12.1. The first-order valence-corrected chi connectivity index (χ1v) is 14.0. The van der Waals surface area contributed by atoms with E-state index in [-0.39, 0.29) is 40.7 Å². The van der Waals surface area contributed by atoms with Gasteiger partial charge in [0.05, 0.1) is 19.0 Å². The summed E-state index contributed by atoms with van der Waals surface area (Å²) in [6.45, 7) is 14.3. The topological polar surface area (TPSA) is 98.6 Å². The van der Waals surface area contributed by atoms with Gasteiger partial charge in [0.25, 0.3) is 0 Å². The molecule has 0 aliphatic heterocycles. The second-order valence-electron chi connectivity index (χ2n) is 11.7. The van der Waals surface area contributed by atoms with Gasteiger partial charge in [0, 0.05) is 34.9 Å². The van der Waals surface area contributed by atoms with E-state index in [2.05, 4.69) is 37.3 Å². The van der Waals surface area contributed by atoms with Gasteiger partial charge in [-0.3, -0.25) is 9.59 Å². The predicted molar refractivity (Wildman–Crippen MR) is 139 cm³/mol. The van der Waals surface area contributed by atoms with Crippen molar-refractivity contribution in [2.75, 3.05) is 12.9 Å². The molecule has 0 aromatic carbocycles. The van der Waals surface area contributed by atoms with Crippen molar-refractivity contribution in [2.24, 2.45) is 34.0 Å². The number of hydrogen-bond acceptors (Lipinski definition) is 8. The highest BCUT2D eigenvalue weighted by Crippen LogP contribution is 2.68. The van der Waals surface area contributed by atoms with Gasteiger partial charge in [-0.2, -0.15) is 4.98 Å². The third-order valence-electron chi connectivity index (χ3n) is 9.91. The SMILES string of the molecule is C=C[C@]1(C)C[C@@H](OC(=O)CSc2nc(C)cc(OC)n2)[C@@]2(C)[C@H](C)CC[C@]3(CCC(=O)[C@H]32)[C@@H](C)[C@@H]1O. The summed E-state index contributed by atoms with van der Waals surface area (Å²) in [7, 11) is 1.54. The number of aromatic nitrogens is 2. The van der Waals surface area contributed by atoms with Crippen LogP contribution in [-0.4, -0.2) is 51.9 Å². The molecular weight excluding hydrogens is 476 g/mol. The van der Waals surface area contributed by atoms with E-state index in [9.17, 15) is 14.7 Å². The molecule has 0 amide bonds. The van der Waals surface area contributed by atoms with Crippen LogP contribution in [0.4, 0.5) is 0 Å².